The van der Waals surface area contributed by atoms with Gasteiger partial charge in [-0.25, -0.2) is 0 Å². The Kier molecular flexibility index (Phi) is 4.12. The molecule has 0 amide bonds. The molecule has 0 spiro atoms. The van der Waals surface area contributed by atoms with Gasteiger partial charge >= 0.3 is 0 Å². The highest BCUT2D eigenvalue weighted by molar-refractivity contribution is 6.22. The fourth-order valence-electron chi connectivity index (χ4n) is 1.38. The Morgan fingerprint density at radius 3 is 2.76 bits per heavy atom. The van der Waals surface area contributed by atoms with E-state index in [9.17, 15) is 0 Å². The van der Waals surface area contributed by atoms with E-state index in [0.717, 1.165) is 5.56 Å². The predicted octanol–water partition coefficient (Wildman–Crippen LogP) is 2.93. The number of halogens is 1. The van der Waals surface area contributed by atoms with E-state index in [2.05, 4.69) is 10.2 Å². The van der Waals surface area contributed by atoms with E-state index in [1.54, 1.807) is 0 Å². The summed E-state index contributed by atoms with van der Waals surface area (Å²) in [7, 11) is 0. The lowest BCUT2D eigenvalue weighted by Gasteiger charge is -2.03. The molecular formula is C12H13ClN2O2. The maximum absolute atomic E-state index is 6.24. The highest BCUT2D eigenvalue weighted by Gasteiger charge is 2.17. The zero-order valence-electron chi connectivity index (χ0n) is 9.47. The van der Waals surface area contributed by atoms with Crippen LogP contribution in [0.2, 0.25) is 0 Å². The fraction of sp³-hybridized carbons (Fsp3) is 0.333. The third-order valence-corrected chi connectivity index (χ3v) is 2.66. The van der Waals surface area contributed by atoms with E-state index in [4.69, 9.17) is 20.8 Å². The van der Waals surface area contributed by atoms with Crippen molar-refractivity contribution in [1.82, 2.24) is 10.2 Å². The Morgan fingerprint density at radius 1 is 1.29 bits per heavy atom. The molecule has 0 aliphatic heterocycles. The normalized spacial score (nSPS) is 12.6. The Labute approximate surface area is 105 Å². The van der Waals surface area contributed by atoms with Crippen LogP contribution in [0, 0.1) is 0 Å². The first-order valence-corrected chi connectivity index (χ1v) is 5.84. The summed E-state index contributed by atoms with van der Waals surface area (Å²) >= 11 is 6.24. The van der Waals surface area contributed by atoms with Gasteiger partial charge in [0.1, 0.15) is 12.0 Å². The largest absolute Gasteiger partial charge is 0.421 e. The van der Waals surface area contributed by atoms with E-state index in [0.29, 0.717) is 25.0 Å². The molecular weight excluding hydrogens is 240 g/mol. The van der Waals surface area contributed by atoms with Crippen molar-refractivity contribution in [2.24, 2.45) is 0 Å². The predicted molar refractivity (Wildman–Crippen MR) is 63.8 cm³/mol. The first-order valence-electron chi connectivity index (χ1n) is 5.40. The Balaban J connectivity index is 2.09. The summed E-state index contributed by atoms with van der Waals surface area (Å²) in [6.07, 6.45) is 0. The van der Waals surface area contributed by atoms with Gasteiger partial charge in [-0.15, -0.1) is 21.8 Å². The summed E-state index contributed by atoms with van der Waals surface area (Å²) < 4.78 is 10.6. The van der Waals surface area contributed by atoms with Gasteiger partial charge in [-0.3, -0.25) is 0 Å². The van der Waals surface area contributed by atoms with E-state index >= 15 is 0 Å². The van der Waals surface area contributed by atoms with Crippen molar-refractivity contribution in [1.29, 1.82) is 0 Å². The molecule has 0 aliphatic rings. The maximum atomic E-state index is 6.24. The van der Waals surface area contributed by atoms with Crippen LogP contribution in [0.4, 0.5) is 0 Å². The summed E-state index contributed by atoms with van der Waals surface area (Å²) in [5.74, 6) is 0.844. The lowest BCUT2D eigenvalue weighted by atomic mass is 10.1. The van der Waals surface area contributed by atoms with Crippen LogP contribution in [0.5, 0.6) is 0 Å². The van der Waals surface area contributed by atoms with Crippen LogP contribution in [0.15, 0.2) is 34.7 Å². The van der Waals surface area contributed by atoms with Gasteiger partial charge in [0.25, 0.3) is 0 Å². The molecule has 5 heteroatoms. The second-order valence-electron chi connectivity index (χ2n) is 3.44. The summed E-state index contributed by atoms with van der Waals surface area (Å²) in [5.41, 5.74) is 0.931. The summed E-state index contributed by atoms with van der Waals surface area (Å²) in [4.78, 5) is 0. The molecule has 2 rings (SSSR count). The van der Waals surface area contributed by atoms with Gasteiger partial charge in [0.2, 0.25) is 11.8 Å². The minimum Gasteiger partial charge on any atom is -0.421 e. The minimum atomic E-state index is -0.418. The van der Waals surface area contributed by atoms with Crippen molar-refractivity contribution in [2.75, 3.05) is 6.61 Å². The summed E-state index contributed by atoms with van der Waals surface area (Å²) in [6.45, 7) is 2.84. The molecule has 17 heavy (non-hydrogen) atoms. The highest BCUT2D eigenvalue weighted by Crippen LogP contribution is 2.27. The molecule has 1 atom stereocenters. The molecule has 1 aromatic carbocycles. The van der Waals surface area contributed by atoms with Crippen LogP contribution in [-0.4, -0.2) is 16.8 Å². The van der Waals surface area contributed by atoms with Gasteiger partial charge in [-0.1, -0.05) is 30.3 Å². The van der Waals surface area contributed by atoms with E-state index in [1.165, 1.54) is 0 Å². The molecule has 4 nitrogen and oxygen atoms in total. The molecule has 0 radical (unpaired) electrons. The van der Waals surface area contributed by atoms with E-state index < -0.39 is 5.38 Å². The molecule has 2 aromatic rings. The monoisotopic (exact) mass is 252 g/mol. The van der Waals surface area contributed by atoms with Crippen molar-refractivity contribution in [3.8, 4) is 0 Å². The van der Waals surface area contributed by atoms with Crippen LogP contribution < -0.4 is 0 Å². The number of alkyl halides is 1. The average Bonchev–Trinajstić information content (AvgIpc) is 2.85. The van der Waals surface area contributed by atoms with Crippen molar-refractivity contribution in [3.63, 3.8) is 0 Å². The lowest BCUT2D eigenvalue weighted by molar-refractivity contribution is 0.113. The molecule has 0 N–H and O–H groups in total. The Bertz CT molecular complexity index is 459. The molecule has 1 unspecified atom stereocenters. The van der Waals surface area contributed by atoms with Gasteiger partial charge in [0.05, 0.1) is 0 Å². The van der Waals surface area contributed by atoms with Gasteiger partial charge in [0.15, 0.2) is 0 Å². The number of hydrogen-bond donors (Lipinski definition) is 0. The molecule has 90 valence electrons. The lowest BCUT2D eigenvalue weighted by Crippen LogP contribution is -1.92. The number of benzene rings is 1. The SMILES string of the molecule is CCOCc1nnc(C(Cl)c2ccccc2)o1. The zero-order valence-corrected chi connectivity index (χ0v) is 10.2. The topological polar surface area (TPSA) is 48.2 Å². The quantitative estimate of drug-likeness (QED) is 0.768. The van der Waals surface area contributed by atoms with Crippen molar-refractivity contribution < 1.29 is 9.15 Å². The number of rotatable bonds is 5. The maximum Gasteiger partial charge on any atom is 0.242 e. The minimum absolute atomic E-state index is 0.321. The molecule has 1 heterocycles. The molecule has 0 aliphatic carbocycles. The number of aromatic nitrogens is 2. The molecule has 1 aromatic heterocycles. The van der Waals surface area contributed by atoms with Crippen molar-refractivity contribution in [3.05, 3.63) is 47.7 Å². The Morgan fingerprint density at radius 2 is 2.06 bits per heavy atom. The standard InChI is InChI=1S/C12H13ClN2O2/c1-2-16-8-10-14-15-12(17-10)11(13)9-6-4-3-5-7-9/h3-7,11H,2,8H2,1H3. The first kappa shape index (κ1) is 12.1. The van der Waals surface area contributed by atoms with Gasteiger partial charge < -0.3 is 9.15 Å². The summed E-state index contributed by atoms with van der Waals surface area (Å²) in [5, 5.41) is 7.37. The van der Waals surface area contributed by atoms with Gasteiger partial charge in [-0.05, 0) is 12.5 Å². The third-order valence-electron chi connectivity index (χ3n) is 2.22. The zero-order chi connectivity index (χ0) is 12.1. The second kappa shape index (κ2) is 5.80. The number of ether oxygens (including phenoxy) is 1. The highest BCUT2D eigenvalue weighted by atomic mass is 35.5. The second-order valence-corrected chi connectivity index (χ2v) is 3.88. The Hall–Kier alpha value is -1.39. The molecule has 0 saturated heterocycles. The number of hydrogen-bond acceptors (Lipinski definition) is 4. The summed E-state index contributed by atoms with van der Waals surface area (Å²) in [6, 6.07) is 9.61. The molecule has 0 fully saturated rings. The smallest absolute Gasteiger partial charge is 0.242 e. The van der Waals surface area contributed by atoms with Crippen LogP contribution in [0.1, 0.15) is 29.6 Å². The van der Waals surface area contributed by atoms with Crippen LogP contribution in [-0.2, 0) is 11.3 Å². The molecule has 0 saturated carbocycles. The van der Waals surface area contributed by atoms with Gasteiger partial charge in [0, 0.05) is 6.61 Å². The van der Waals surface area contributed by atoms with Crippen molar-refractivity contribution >= 4 is 11.6 Å². The fourth-order valence-corrected chi connectivity index (χ4v) is 1.61. The number of nitrogens with zero attached hydrogens (tertiary/aromatic N) is 2. The van der Waals surface area contributed by atoms with Crippen LogP contribution >= 0.6 is 11.6 Å². The first-order chi connectivity index (χ1) is 8.31. The molecule has 0 bridgehead atoms. The van der Waals surface area contributed by atoms with Crippen LogP contribution in [0.25, 0.3) is 0 Å². The third kappa shape index (κ3) is 3.05. The van der Waals surface area contributed by atoms with Crippen molar-refractivity contribution in [2.45, 2.75) is 18.9 Å². The van der Waals surface area contributed by atoms with Gasteiger partial charge in [-0.2, -0.15) is 0 Å². The van der Waals surface area contributed by atoms with Crippen LogP contribution in [0.3, 0.4) is 0 Å². The average molecular weight is 253 g/mol. The van der Waals surface area contributed by atoms with E-state index in [1.807, 2.05) is 37.3 Å². The van der Waals surface area contributed by atoms with E-state index in [-0.39, 0.29) is 0 Å².